The molecule has 0 aliphatic carbocycles. The first kappa shape index (κ1) is 10.9. The lowest BCUT2D eigenvalue weighted by molar-refractivity contribution is 0.0944. The molecule has 1 aromatic heterocycles. The number of hydrogen-bond acceptors (Lipinski definition) is 4. The SMILES string of the molecule is O=C(NCC1CCOC1)c1cncc(O)c1. The first-order valence-corrected chi connectivity index (χ1v) is 5.25. The van der Waals surface area contributed by atoms with Gasteiger partial charge in [0.05, 0.1) is 18.4 Å². The monoisotopic (exact) mass is 222 g/mol. The van der Waals surface area contributed by atoms with E-state index in [4.69, 9.17) is 4.74 Å². The van der Waals surface area contributed by atoms with E-state index in [1.165, 1.54) is 18.5 Å². The predicted molar refractivity (Wildman–Crippen MR) is 57.2 cm³/mol. The van der Waals surface area contributed by atoms with Crippen molar-refractivity contribution in [3.63, 3.8) is 0 Å². The summed E-state index contributed by atoms with van der Waals surface area (Å²) in [7, 11) is 0. The first-order valence-electron chi connectivity index (χ1n) is 5.25. The third kappa shape index (κ3) is 2.70. The highest BCUT2D eigenvalue weighted by Gasteiger charge is 2.16. The third-order valence-corrected chi connectivity index (χ3v) is 2.56. The summed E-state index contributed by atoms with van der Waals surface area (Å²) in [4.78, 5) is 15.4. The fraction of sp³-hybridized carbons (Fsp3) is 0.455. The molecule has 2 N–H and O–H groups in total. The highest BCUT2D eigenvalue weighted by molar-refractivity contribution is 5.94. The molecule has 0 saturated carbocycles. The zero-order chi connectivity index (χ0) is 11.4. The summed E-state index contributed by atoms with van der Waals surface area (Å²) in [6, 6.07) is 1.40. The van der Waals surface area contributed by atoms with Crippen LogP contribution in [0, 0.1) is 5.92 Å². The smallest absolute Gasteiger partial charge is 0.252 e. The van der Waals surface area contributed by atoms with E-state index in [1.807, 2.05) is 0 Å². The maximum Gasteiger partial charge on any atom is 0.252 e. The van der Waals surface area contributed by atoms with Crippen molar-refractivity contribution in [2.24, 2.45) is 5.92 Å². The first-order chi connectivity index (χ1) is 7.75. The Morgan fingerprint density at radius 2 is 2.50 bits per heavy atom. The van der Waals surface area contributed by atoms with Gasteiger partial charge in [0.1, 0.15) is 5.75 Å². The summed E-state index contributed by atoms with van der Waals surface area (Å²) in [5.74, 6) is 0.182. The Morgan fingerprint density at radius 1 is 1.62 bits per heavy atom. The molecule has 16 heavy (non-hydrogen) atoms. The molecule has 0 bridgehead atoms. The van der Waals surface area contributed by atoms with Crippen molar-refractivity contribution in [3.05, 3.63) is 24.0 Å². The van der Waals surface area contributed by atoms with Crippen molar-refractivity contribution in [2.45, 2.75) is 6.42 Å². The zero-order valence-corrected chi connectivity index (χ0v) is 8.85. The van der Waals surface area contributed by atoms with Crippen LogP contribution in [0.4, 0.5) is 0 Å². The second kappa shape index (κ2) is 4.94. The molecule has 1 aliphatic heterocycles. The van der Waals surface area contributed by atoms with Crippen LogP contribution in [0.2, 0.25) is 0 Å². The van der Waals surface area contributed by atoms with Crippen molar-refractivity contribution in [1.29, 1.82) is 0 Å². The minimum Gasteiger partial charge on any atom is -0.506 e. The molecule has 1 fully saturated rings. The van der Waals surface area contributed by atoms with Gasteiger partial charge < -0.3 is 15.2 Å². The minimum absolute atomic E-state index is 0.00292. The Bertz CT molecular complexity index is 375. The van der Waals surface area contributed by atoms with E-state index >= 15 is 0 Å². The van der Waals surface area contributed by atoms with E-state index in [0.29, 0.717) is 24.6 Å². The maximum absolute atomic E-state index is 11.7. The average molecular weight is 222 g/mol. The van der Waals surface area contributed by atoms with Gasteiger partial charge in [-0.2, -0.15) is 0 Å². The number of hydrogen-bond donors (Lipinski definition) is 2. The summed E-state index contributed by atoms with van der Waals surface area (Å²) in [6.45, 7) is 2.08. The molecule has 86 valence electrons. The van der Waals surface area contributed by atoms with E-state index in [9.17, 15) is 9.90 Å². The van der Waals surface area contributed by atoms with Crippen molar-refractivity contribution in [3.8, 4) is 5.75 Å². The molecule has 5 nitrogen and oxygen atoms in total. The molecule has 1 aromatic rings. The Hall–Kier alpha value is -1.62. The van der Waals surface area contributed by atoms with Crippen LogP contribution in [0.3, 0.4) is 0 Å². The summed E-state index contributed by atoms with van der Waals surface area (Å²) in [5, 5.41) is 12.0. The Kier molecular flexibility index (Phi) is 3.36. The number of nitrogens with one attached hydrogen (secondary N) is 1. The number of carbonyl (C=O) groups excluding carboxylic acids is 1. The summed E-state index contributed by atoms with van der Waals surface area (Å²) in [6.07, 6.45) is 3.71. The molecule has 0 spiro atoms. The number of aromatic hydroxyl groups is 1. The van der Waals surface area contributed by atoms with E-state index < -0.39 is 0 Å². The lowest BCUT2D eigenvalue weighted by Crippen LogP contribution is -2.29. The van der Waals surface area contributed by atoms with Crippen molar-refractivity contribution >= 4 is 5.91 Å². The van der Waals surface area contributed by atoms with Crippen LogP contribution in [-0.2, 0) is 4.74 Å². The zero-order valence-electron chi connectivity index (χ0n) is 8.85. The summed E-state index contributed by atoms with van der Waals surface area (Å²) >= 11 is 0. The fourth-order valence-corrected chi connectivity index (χ4v) is 1.64. The number of amides is 1. The van der Waals surface area contributed by atoms with Gasteiger partial charge in [-0.25, -0.2) is 0 Å². The molecule has 2 heterocycles. The molecule has 0 aromatic carbocycles. The number of rotatable bonds is 3. The molecule has 1 atom stereocenters. The second-order valence-electron chi connectivity index (χ2n) is 3.87. The van der Waals surface area contributed by atoms with Crippen LogP contribution in [0.25, 0.3) is 0 Å². The molecule has 1 saturated heterocycles. The Balaban J connectivity index is 1.87. The predicted octanol–water partition coefficient (Wildman–Crippen LogP) is 0.553. The molecule has 1 unspecified atom stereocenters. The topological polar surface area (TPSA) is 71.5 Å². The molecule has 1 aliphatic rings. The second-order valence-corrected chi connectivity index (χ2v) is 3.87. The number of carbonyl (C=O) groups is 1. The lowest BCUT2D eigenvalue weighted by atomic mass is 10.1. The molecular formula is C11H14N2O3. The summed E-state index contributed by atoms with van der Waals surface area (Å²) < 4.78 is 5.21. The summed E-state index contributed by atoms with van der Waals surface area (Å²) in [5.41, 5.74) is 0.374. The molecule has 5 heteroatoms. The number of ether oxygens (including phenoxy) is 1. The molecule has 1 amide bonds. The van der Waals surface area contributed by atoms with Crippen LogP contribution in [0.15, 0.2) is 18.5 Å². The van der Waals surface area contributed by atoms with Gasteiger partial charge in [0.25, 0.3) is 5.91 Å². The van der Waals surface area contributed by atoms with Gasteiger partial charge in [-0.05, 0) is 12.5 Å². The molecule has 2 rings (SSSR count). The largest absolute Gasteiger partial charge is 0.506 e. The van der Waals surface area contributed by atoms with Crippen LogP contribution in [0.5, 0.6) is 5.75 Å². The number of pyridine rings is 1. The van der Waals surface area contributed by atoms with Gasteiger partial charge >= 0.3 is 0 Å². The Morgan fingerprint density at radius 3 is 3.19 bits per heavy atom. The average Bonchev–Trinajstić information content (AvgIpc) is 2.78. The fourth-order valence-electron chi connectivity index (χ4n) is 1.64. The highest BCUT2D eigenvalue weighted by Crippen LogP contribution is 2.12. The molecular weight excluding hydrogens is 208 g/mol. The van der Waals surface area contributed by atoms with Crippen molar-refractivity contribution in [2.75, 3.05) is 19.8 Å². The highest BCUT2D eigenvalue weighted by atomic mass is 16.5. The van der Waals surface area contributed by atoms with Crippen molar-refractivity contribution in [1.82, 2.24) is 10.3 Å². The normalized spacial score (nSPS) is 19.6. The van der Waals surface area contributed by atoms with Crippen LogP contribution in [-0.4, -0.2) is 35.8 Å². The van der Waals surface area contributed by atoms with Gasteiger partial charge in [-0.3, -0.25) is 9.78 Å². The number of aromatic nitrogens is 1. The van der Waals surface area contributed by atoms with Crippen LogP contribution in [0.1, 0.15) is 16.8 Å². The van der Waals surface area contributed by atoms with E-state index in [2.05, 4.69) is 10.3 Å². The van der Waals surface area contributed by atoms with Crippen LogP contribution >= 0.6 is 0 Å². The third-order valence-electron chi connectivity index (χ3n) is 2.56. The van der Waals surface area contributed by atoms with Crippen LogP contribution < -0.4 is 5.32 Å². The maximum atomic E-state index is 11.7. The standard InChI is InChI=1S/C11H14N2O3/c14-10-3-9(5-12-6-10)11(15)13-4-8-1-2-16-7-8/h3,5-6,8,14H,1-2,4,7H2,(H,13,15). The minimum atomic E-state index is -0.213. The molecule has 0 radical (unpaired) electrons. The van der Waals surface area contributed by atoms with Gasteiger partial charge in [0.15, 0.2) is 0 Å². The van der Waals surface area contributed by atoms with E-state index in [0.717, 1.165) is 13.0 Å². The van der Waals surface area contributed by atoms with Gasteiger partial charge in [-0.15, -0.1) is 0 Å². The van der Waals surface area contributed by atoms with Gasteiger partial charge in [-0.1, -0.05) is 0 Å². The Labute approximate surface area is 93.5 Å². The van der Waals surface area contributed by atoms with Gasteiger partial charge in [0.2, 0.25) is 0 Å². The van der Waals surface area contributed by atoms with Crippen molar-refractivity contribution < 1.29 is 14.6 Å². The quantitative estimate of drug-likeness (QED) is 0.783. The number of nitrogens with zero attached hydrogens (tertiary/aromatic N) is 1. The lowest BCUT2D eigenvalue weighted by Gasteiger charge is -2.09. The van der Waals surface area contributed by atoms with E-state index in [-0.39, 0.29) is 11.7 Å². The van der Waals surface area contributed by atoms with E-state index in [1.54, 1.807) is 0 Å². The van der Waals surface area contributed by atoms with Gasteiger partial charge in [0, 0.05) is 25.3 Å².